The first kappa shape index (κ1) is 19.8. The number of carbonyl (C=O) groups excluding carboxylic acids is 2. The van der Waals surface area contributed by atoms with Gasteiger partial charge in [0.25, 0.3) is 5.91 Å². The number of aryl methyl sites for hydroxylation is 1. The molecule has 0 aliphatic rings. The van der Waals surface area contributed by atoms with Gasteiger partial charge in [0.15, 0.2) is 4.80 Å². The molecule has 4 aromatic rings. The summed E-state index contributed by atoms with van der Waals surface area (Å²) in [7, 11) is 0. The molecule has 0 bridgehead atoms. The molecular formula is C20H16ClN3O3S2. The minimum Gasteiger partial charge on any atom is -0.465 e. The van der Waals surface area contributed by atoms with E-state index >= 15 is 0 Å². The van der Waals surface area contributed by atoms with Gasteiger partial charge >= 0.3 is 5.97 Å². The highest BCUT2D eigenvalue weighted by Gasteiger charge is 2.16. The van der Waals surface area contributed by atoms with Crippen LogP contribution >= 0.6 is 34.3 Å². The molecule has 2 heterocycles. The summed E-state index contributed by atoms with van der Waals surface area (Å²) in [5.41, 5.74) is 4.65. The van der Waals surface area contributed by atoms with Crippen molar-refractivity contribution in [2.24, 2.45) is 4.99 Å². The van der Waals surface area contributed by atoms with Crippen molar-refractivity contribution in [1.82, 2.24) is 9.55 Å². The van der Waals surface area contributed by atoms with E-state index in [1.807, 2.05) is 13.0 Å². The zero-order valence-corrected chi connectivity index (χ0v) is 18.0. The van der Waals surface area contributed by atoms with Crippen LogP contribution in [0.25, 0.3) is 20.4 Å². The van der Waals surface area contributed by atoms with E-state index in [-0.39, 0.29) is 19.1 Å². The predicted molar refractivity (Wildman–Crippen MR) is 116 cm³/mol. The van der Waals surface area contributed by atoms with E-state index in [9.17, 15) is 9.59 Å². The number of aromatic nitrogens is 2. The van der Waals surface area contributed by atoms with Gasteiger partial charge in [-0.3, -0.25) is 9.59 Å². The normalized spacial score (nSPS) is 12.0. The molecule has 0 atom stereocenters. The fourth-order valence-corrected chi connectivity index (χ4v) is 4.98. The summed E-state index contributed by atoms with van der Waals surface area (Å²) in [5.74, 6) is -0.778. The number of thiazole rings is 2. The Kier molecular flexibility index (Phi) is 5.49. The molecule has 0 unspecified atom stereocenters. The van der Waals surface area contributed by atoms with Crippen LogP contribution in [0.5, 0.6) is 0 Å². The monoisotopic (exact) mass is 445 g/mol. The molecule has 2 aromatic carbocycles. The number of rotatable bonds is 4. The number of hydrogen-bond acceptors (Lipinski definition) is 6. The summed E-state index contributed by atoms with van der Waals surface area (Å²) in [5, 5.41) is 0.585. The standard InChI is InChI=1S/C20H16ClN3O3S2/c1-3-27-17(25)9-24-18-11(2)13(21)5-7-15(18)29-20(24)23-19(26)12-4-6-14-16(8-12)28-10-22-14/h4-8,10H,3,9H2,1-2H3. The summed E-state index contributed by atoms with van der Waals surface area (Å²) < 4.78 is 8.60. The molecule has 6 nitrogen and oxygen atoms in total. The van der Waals surface area contributed by atoms with Gasteiger partial charge in [0.05, 0.1) is 32.6 Å². The van der Waals surface area contributed by atoms with Gasteiger partial charge in [0, 0.05) is 10.6 Å². The third-order valence-electron chi connectivity index (χ3n) is 4.40. The minimum atomic E-state index is -0.397. The van der Waals surface area contributed by atoms with Crippen LogP contribution in [-0.2, 0) is 16.1 Å². The molecular weight excluding hydrogens is 430 g/mol. The highest BCUT2D eigenvalue weighted by atomic mass is 35.5. The molecule has 0 aliphatic heterocycles. The summed E-state index contributed by atoms with van der Waals surface area (Å²) in [6.45, 7) is 3.86. The van der Waals surface area contributed by atoms with Crippen molar-refractivity contribution in [3.63, 3.8) is 0 Å². The van der Waals surface area contributed by atoms with Crippen LogP contribution in [0.4, 0.5) is 0 Å². The number of benzene rings is 2. The molecule has 9 heteroatoms. The Morgan fingerprint density at radius 1 is 1.24 bits per heavy atom. The van der Waals surface area contributed by atoms with Crippen molar-refractivity contribution in [3.8, 4) is 0 Å². The Hall–Kier alpha value is -2.55. The second-order valence-corrected chi connectivity index (χ2v) is 8.55. The second kappa shape index (κ2) is 8.06. The lowest BCUT2D eigenvalue weighted by Gasteiger charge is -2.08. The van der Waals surface area contributed by atoms with Crippen molar-refractivity contribution in [2.75, 3.05) is 6.61 Å². The predicted octanol–water partition coefficient (Wildman–Crippen LogP) is 4.58. The maximum atomic E-state index is 12.8. The molecule has 0 N–H and O–H groups in total. The first-order chi connectivity index (χ1) is 14.0. The van der Waals surface area contributed by atoms with Gasteiger partial charge < -0.3 is 9.30 Å². The van der Waals surface area contributed by atoms with E-state index in [0.29, 0.717) is 15.4 Å². The lowest BCUT2D eigenvalue weighted by atomic mass is 10.2. The van der Waals surface area contributed by atoms with Gasteiger partial charge in [-0.1, -0.05) is 22.9 Å². The van der Waals surface area contributed by atoms with Crippen LogP contribution in [0.1, 0.15) is 22.8 Å². The molecule has 1 amide bonds. The number of nitrogens with zero attached hydrogens (tertiary/aromatic N) is 3. The SMILES string of the molecule is CCOC(=O)Cn1c(=NC(=O)c2ccc3ncsc3c2)sc2ccc(Cl)c(C)c21. The summed E-state index contributed by atoms with van der Waals surface area (Å²) in [6.07, 6.45) is 0. The molecule has 2 aromatic heterocycles. The number of ether oxygens (including phenoxy) is 1. The summed E-state index contributed by atoms with van der Waals surface area (Å²) >= 11 is 9.09. The Morgan fingerprint density at radius 3 is 2.86 bits per heavy atom. The number of carbonyl (C=O) groups is 2. The van der Waals surface area contributed by atoms with Crippen LogP contribution in [-0.4, -0.2) is 28.0 Å². The molecule has 0 spiro atoms. The molecule has 0 saturated carbocycles. The van der Waals surface area contributed by atoms with Crippen molar-refractivity contribution >= 4 is 66.6 Å². The van der Waals surface area contributed by atoms with E-state index in [0.717, 1.165) is 26.0 Å². The highest BCUT2D eigenvalue weighted by Crippen LogP contribution is 2.27. The molecule has 0 aliphatic carbocycles. The molecule has 0 radical (unpaired) electrons. The van der Waals surface area contributed by atoms with Crippen molar-refractivity contribution in [2.45, 2.75) is 20.4 Å². The number of fused-ring (bicyclic) bond motifs is 2. The number of halogens is 1. The van der Waals surface area contributed by atoms with Crippen LogP contribution in [0.15, 0.2) is 40.8 Å². The van der Waals surface area contributed by atoms with Crippen LogP contribution < -0.4 is 4.80 Å². The Bertz CT molecular complexity index is 1320. The maximum Gasteiger partial charge on any atom is 0.326 e. The fourth-order valence-electron chi connectivity index (χ4n) is 3.02. The third kappa shape index (κ3) is 3.83. The molecule has 0 fully saturated rings. The zero-order valence-electron chi connectivity index (χ0n) is 15.6. The average Bonchev–Trinajstić information content (AvgIpc) is 3.29. The van der Waals surface area contributed by atoms with Crippen molar-refractivity contribution in [1.29, 1.82) is 0 Å². The van der Waals surface area contributed by atoms with Crippen LogP contribution in [0.2, 0.25) is 5.02 Å². The van der Waals surface area contributed by atoms with Gasteiger partial charge in [0.2, 0.25) is 0 Å². The molecule has 0 saturated heterocycles. The van der Waals surface area contributed by atoms with E-state index in [1.54, 1.807) is 41.3 Å². The van der Waals surface area contributed by atoms with Gasteiger partial charge in [-0.05, 0) is 49.7 Å². The first-order valence-corrected chi connectivity index (χ1v) is 10.9. The van der Waals surface area contributed by atoms with Crippen molar-refractivity contribution in [3.05, 3.63) is 56.8 Å². The summed E-state index contributed by atoms with van der Waals surface area (Å²) in [6, 6.07) is 8.96. The number of amides is 1. The smallest absolute Gasteiger partial charge is 0.326 e. The molecule has 29 heavy (non-hydrogen) atoms. The Balaban J connectivity index is 1.85. The maximum absolute atomic E-state index is 12.8. The van der Waals surface area contributed by atoms with Gasteiger partial charge in [-0.25, -0.2) is 4.98 Å². The Labute approximate surface area is 179 Å². The lowest BCUT2D eigenvalue weighted by Crippen LogP contribution is -2.23. The minimum absolute atomic E-state index is 0.0466. The molecule has 148 valence electrons. The third-order valence-corrected chi connectivity index (χ3v) is 6.64. The fraction of sp³-hybridized carbons (Fsp3) is 0.200. The average molecular weight is 446 g/mol. The van der Waals surface area contributed by atoms with Crippen LogP contribution in [0, 0.1) is 6.92 Å². The topological polar surface area (TPSA) is 73.6 Å². The number of esters is 1. The van der Waals surface area contributed by atoms with E-state index in [2.05, 4.69) is 9.98 Å². The van der Waals surface area contributed by atoms with Gasteiger partial charge in [0.1, 0.15) is 6.54 Å². The zero-order chi connectivity index (χ0) is 20.5. The largest absolute Gasteiger partial charge is 0.465 e. The Morgan fingerprint density at radius 2 is 2.07 bits per heavy atom. The van der Waals surface area contributed by atoms with Gasteiger partial charge in [-0.15, -0.1) is 11.3 Å². The molecule has 4 rings (SSSR count). The first-order valence-electron chi connectivity index (χ1n) is 8.84. The van der Waals surface area contributed by atoms with Crippen molar-refractivity contribution < 1.29 is 14.3 Å². The quantitative estimate of drug-likeness (QED) is 0.431. The summed E-state index contributed by atoms with van der Waals surface area (Å²) in [4.78, 5) is 34.0. The second-order valence-electron chi connectivity index (χ2n) is 6.25. The van der Waals surface area contributed by atoms with Crippen LogP contribution in [0.3, 0.4) is 0 Å². The van der Waals surface area contributed by atoms with Gasteiger partial charge in [-0.2, -0.15) is 4.99 Å². The van der Waals surface area contributed by atoms with E-state index in [1.165, 1.54) is 22.7 Å². The lowest BCUT2D eigenvalue weighted by molar-refractivity contribution is -0.143. The number of hydrogen-bond donors (Lipinski definition) is 0. The highest BCUT2D eigenvalue weighted by molar-refractivity contribution is 7.17. The van der Waals surface area contributed by atoms with E-state index < -0.39 is 5.97 Å². The van der Waals surface area contributed by atoms with E-state index in [4.69, 9.17) is 16.3 Å².